The predicted molar refractivity (Wildman–Crippen MR) is 73.3 cm³/mol. The molecule has 1 aromatic carbocycles. The first-order chi connectivity index (χ1) is 8.95. The topological polar surface area (TPSA) is 75.4 Å². The Labute approximate surface area is 113 Å². The van der Waals surface area contributed by atoms with Gasteiger partial charge in [0, 0.05) is 20.1 Å². The molecule has 7 heteroatoms. The van der Waals surface area contributed by atoms with Crippen LogP contribution in [0.3, 0.4) is 0 Å². The van der Waals surface area contributed by atoms with Crippen molar-refractivity contribution in [1.29, 1.82) is 0 Å². The maximum absolute atomic E-state index is 12.9. The summed E-state index contributed by atoms with van der Waals surface area (Å²) in [6, 6.07) is 6.11. The highest BCUT2D eigenvalue weighted by Crippen LogP contribution is 2.04. The summed E-state index contributed by atoms with van der Waals surface area (Å²) >= 11 is 0. The summed E-state index contributed by atoms with van der Waals surface area (Å²) in [5.41, 5.74) is 6.09. The fraction of sp³-hybridized carbons (Fsp3) is 0.500. The van der Waals surface area contributed by atoms with E-state index in [-0.39, 0.29) is 12.4 Å². The Morgan fingerprint density at radius 1 is 1.42 bits per heavy atom. The Morgan fingerprint density at radius 2 is 2.16 bits per heavy atom. The van der Waals surface area contributed by atoms with Gasteiger partial charge in [-0.05, 0) is 37.1 Å². The van der Waals surface area contributed by atoms with Gasteiger partial charge in [0.05, 0.1) is 0 Å². The monoisotopic (exact) mass is 289 g/mol. The van der Waals surface area contributed by atoms with Crippen molar-refractivity contribution in [1.82, 2.24) is 9.03 Å². The number of nitrogens with one attached hydrogen (secondary N) is 1. The zero-order valence-electron chi connectivity index (χ0n) is 11.0. The maximum Gasteiger partial charge on any atom is 0.279 e. The number of benzene rings is 1. The average Bonchev–Trinajstić information content (AvgIpc) is 2.35. The van der Waals surface area contributed by atoms with E-state index in [1.165, 1.54) is 23.5 Å². The summed E-state index contributed by atoms with van der Waals surface area (Å²) in [4.78, 5) is 0. The van der Waals surface area contributed by atoms with E-state index in [1.54, 1.807) is 12.1 Å². The molecule has 0 saturated heterocycles. The molecule has 3 N–H and O–H groups in total. The van der Waals surface area contributed by atoms with Gasteiger partial charge >= 0.3 is 0 Å². The van der Waals surface area contributed by atoms with E-state index in [2.05, 4.69) is 4.72 Å². The molecule has 0 radical (unpaired) electrons. The van der Waals surface area contributed by atoms with Crippen molar-refractivity contribution in [2.45, 2.75) is 12.8 Å². The van der Waals surface area contributed by atoms with Crippen LogP contribution in [-0.2, 0) is 16.6 Å². The number of nitrogens with zero attached hydrogens (tertiary/aromatic N) is 1. The molecule has 0 atom stereocenters. The standard InChI is InChI=1S/C12H20FN3O2S/c1-16(9-3-7-14)19(17,18)15-8-6-11-4-2-5-12(13)10-11/h2,4-5,10,15H,3,6-9,14H2,1H3. The zero-order chi connectivity index (χ0) is 14.3. The SMILES string of the molecule is CN(CCCN)S(=O)(=O)NCCc1cccc(F)c1. The smallest absolute Gasteiger partial charge is 0.279 e. The number of nitrogens with two attached hydrogens (primary N) is 1. The summed E-state index contributed by atoms with van der Waals surface area (Å²) in [6.07, 6.45) is 1.06. The fourth-order valence-electron chi connectivity index (χ4n) is 1.56. The van der Waals surface area contributed by atoms with Gasteiger partial charge in [0.2, 0.25) is 0 Å². The molecule has 1 aromatic rings. The fourth-order valence-corrected chi connectivity index (χ4v) is 2.51. The van der Waals surface area contributed by atoms with E-state index in [0.717, 1.165) is 5.56 Å². The van der Waals surface area contributed by atoms with E-state index in [9.17, 15) is 12.8 Å². The predicted octanol–water partition coefficient (Wildman–Crippen LogP) is 0.483. The van der Waals surface area contributed by atoms with Crippen molar-refractivity contribution in [2.75, 3.05) is 26.7 Å². The average molecular weight is 289 g/mol. The molecule has 0 unspecified atom stereocenters. The van der Waals surface area contributed by atoms with Gasteiger partial charge in [0.15, 0.2) is 0 Å². The molecule has 19 heavy (non-hydrogen) atoms. The highest BCUT2D eigenvalue weighted by molar-refractivity contribution is 7.87. The van der Waals surface area contributed by atoms with Crippen LogP contribution in [0.5, 0.6) is 0 Å². The lowest BCUT2D eigenvalue weighted by molar-refractivity contribution is 0.453. The Morgan fingerprint density at radius 3 is 2.79 bits per heavy atom. The third-order valence-electron chi connectivity index (χ3n) is 2.67. The zero-order valence-corrected chi connectivity index (χ0v) is 11.8. The molecule has 0 aliphatic carbocycles. The minimum Gasteiger partial charge on any atom is -0.330 e. The van der Waals surface area contributed by atoms with Crippen molar-refractivity contribution in [2.24, 2.45) is 5.73 Å². The van der Waals surface area contributed by atoms with Gasteiger partial charge in [-0.1, -0.05) is 12.1 Å². The summed E-state index contributed by atoms with van der Waals surface area (Å²) < 4.78 is 40.2. The minimum atomic E-state index is -3.48. The second-order valence-electron chi connectivity index (χ2n) is 4.24. The van der Waals surface area contributed by atoms with Crippen LogP contribution in [0, 0.1) is 5.82 Å². The number of hydrogen-bond donors (Lipinski definition) is 2. The van der Waals surface area contributed by atoms with Gasteiger partial charge in [-0.15, -0.1) is 0 Å². The van der Waals surface area contributed by atoms with Crippen molar-refractivity contribution in [3.05, 3.63) is 35.6 Å². The van der Waals surface area contributed by atoms with E-state index in [1.807, 2.05) is 0 Å². The summed E-state index contributed by atoms with van der Waals surface area (Å²) in [6.45, 7) is 1.06. The molecule has 0 aromatic heterocycles. The van der Waals surface area contributed by atoms with E-state index >= 15 is 0 Å². The Balaban J connectivity index is 2.43. The van der Waals surface area contributed by atoms with Crippen molar-refractivity contribution >= 4 is 10.2 Å². The van der Waals surface area contributed by atoms with Crippen LogP contribution in [0.2, 0.25) is 0 Å². The van der Waals surface area contributed by atoms with E-state index in [0.29, 0.717) is 25.9 Å². The Hall–Kier alpha value is -1.02. The lowest BCUT2D eigenvalue weighted by Crippen LogP contribution is -2.40. The van der Waals surface area contributed by atoms with E-state index < -0.39 is 10.2 Å². The molecule has 0 aliphatic heterocycles. The quantitative estimate of drug-likeness (QED) is 0.731. The van der Waals surface area contributed by atoms with Gasteiger partial charge in [-0.25, -0.2) is 9.11 Å². The first-order valence-corrected chi connectivity index (χ1v) is 7.55. The first kappa shape index (κ1) is 16.0. The first-order valence-electron chi connectivity index (χ1n) is 6.11. The van der Waals surface area contributed by atoms with Crippen molar-refractivity contribution < 1.29 is 12.8 Å². The molecule has 0 saturated carbocycles. The number of rotatable bonds is 8. The molecule has 0 bridgehead atoms. The third-order valence-corrected chi connectivity index (χ3v) is 4.25. The van der Waals surface area contributed by atoms with Crippen molar-refractivity contribution in [3.8, 4) is 0 Å². The summed E-state index contributed by atoms with van der Waals surface area (Å²) in [7, 11) is -1.98. The normalized spacial score (nSPS) is 12.0. The second-order valence-corrected chi connectivity index (χ2v) is 6.11. The van der Waals surface area contributed by atoms with Crippen molar-refractivity contribution in [3.63, 3.8) is 0 Å². The highest BCUT2D eigenvalue weighted by atomic mass is 32.2. The molecule has 1 rings (SSSR count). The van der Waals surface area contributed by atoms with Crippen LogP contribution in [0.1, 0.15) is 12.0 Å². The Kier molecular flexibility index (Phi) is 6.36. The lowest BCUT2D eigenvalue weighted by atomic mass is 10.1. The van der Waals surface area contributed by atoms with Crippen LogP contribution in [0.25, 0.3) is 0 Å². The molecule has 0 heterocycles. The lowest BCUT2D eigenvalue weighted by Gasteiger charge is -2.17. The highest BCUT2D eigenvalue weighted by Gasteiger charge is 2.15. The van der Waals surface area contributed by atoms with Gasteiger partial charge in [-0.3, -0.25) is 0 Å². The summed E-state index contributed by atoms with van der Waals surface area (Å²) in [5, 5.41) is 0. The van der Waals surface area contributed by atoms with Crippen LogP contribution < -0.4 is 10.5 Å². The van der Waals surface area contributed by atoms with Gasteiger partial charge in [0.25, 0.3) is 10.2 Å². The molecule has 0 spiro atoms. The molecular formula is C12H20FN3O2S. The van der Waals surface area contributed by atoms with Crippen LogP contribution in [0.4, 0.5) is 4.39 Å². The van der Waals surface area contributed by atoms with Crippen LogP contribution in [-0.4, -0.2) is 39.4 Å². The number of halogens is 1. The van der Waals surface area contributed by atoms with Gasteiger partial charge in [-0.2, -0.15) is 12.7 Å². The molecular weight excluding hydrogens is 269 g/mol. The molecule has 0 fully saturated rings. The second kappa shape index (κ2) is 7.54. The maximum atomic E-state index is 12.9. The number of hydrogen-bond acceptors (Lipinski definition) is 3. The summed E-state index contributed by atoms with van der Waals surface area (Å²) in [5.74, 6) is -0.319. The Bertz CT molecular complexity index is 494. The van der Waals surface area contributed by atoms with E-state index in [4.69, 9.17) is 5.73 Å². The minimum absolute atomic E-state index is 0.235. The van der Waals surface area contributed by atoms with Crippen LogP contribution in [0.15, 0.2) is 24.3 Å². The third kappa shape index (κ3) is 5.65. The molecule has 5 nitrogen and oxygen atoms in total. The largest absolute Gasteiger partial charge is 0.330 e. The molecule has 0 aliphatic rings. The van der Waals surface area contributed by atoms with Gasteiger partial charge < -0.3 is 5.73 Å². The van der Waals surface area contributed by atoms with Gasteiger partial charge in [0.1, 0.15) is 5.82 Å². The van der Waals surface area contributed by atoms with Crippen LogP contribution >= 0.6 is 0 Å². The molecule has 108 valence electrons. The molecule has 0 amide bonds.